The summed E-state index contributed by atoms with van der Waals surface area (Å²) in [7, 11) is 0. The van der Waals surface area contributed by atoms with E-state index in [9.17, 15) is 9.18 Å². The van der Waals surface area contributed by atoms with Crippen molar-refractivity contribution >= 4 is 17.5 Å². The number of carbonyl (C=O) groups excluding carboxylic acids is 1. The number of nitrogens with zero attached hydrogens (tertiary/aromatic N) is 4. The fourth-order valence-corrected chi connectivity index (χ4v) is 2.68. The summed E-state index contributed by atoms with van der Waals surface area (Å²) in [6.07, 6.45) is 0.606. The van der Waals surface area contributed by atoms with Crippen LogP contribution in [-0.4, -0.2) is 38.7 Å². The van der Waals surface area contributed by atoms with Crippen LogP contribution in [0.4, 0.5) is 4.39 Å². The summed E-state index contributed by atoms with van der Waals surface area (Å²) in [5, 5.41) is 8.47. The Bertz CT molecular complexity index is 700. The van der Waals surface area contributed by atoms with E-state index < -0.39 is 5.82 Å². The molecule has 0 fully saturated rings. The lowest BCUT2D eigenvalue weighted by Gasteiger charge is -2.20. The van der Waals surface area contributed by atoms with Crippen LogP contribution in [0.3, 0.4) is 0 Å². The van der Waals surface area contributed by atoms with Gasteiger partial charge in [0.15, 0.2) is 0 Å². The standard InChI is InChI=1S/C14H14ClFN4O/c1-9-17-18-13-4-5-19(6-7-20(9)13)14(21)11-8-10(15)2-3-12(11)16/h2-3,8H,4-7H2,1H3. The molecular formula is C14H14ClFN4O. The second-order valence-electron chi connectivity index (χ2n) is 4.98. The fourth-order valence-electron chi connectivity index (χ4n) is 2.50. The Morgan fingerprint density at radius 1 is 1.29 bits per heavy atom. The van der Waals surface area contributed by atoms with Gasteiger partial charge >= 0.3 is 0 Å². The van der Waals surface area contributed by atoms with Gasteiger partial charge in [0.25, 0.3) is 5.91 Å². The van der Waals surface area contributed by atoms with E-state index in [4.69, 9.17) is 11.6 Å². The quantitative estimate of drug-likeness (QED) is 0.810. The molecule has 0 bridgehead atoms. The molecule has 3 rings (SSSR count). The van der Waals surface area contributed by atoms with Gasteiger partial charge in [-0.15, -0.1) is 10.2 Å². The predicted molar refractivity (Wildman–Crippen MR) is 75.8 cm³/mol. The molecule has 5 nitrogen and oxygen atoms in total. The van der Waals surface area contributed by atoms with Crippen molar-refractivity contribution < 1.29 is 9.18 Å². The third-order valence-corrected chi connectivity index (χ3v) is 3.89. The highest BCUT2D eigenvalue weighted by Crippen LogP contribution is 2.18. The topological polar surface area (TPSA) is 51.0 Å². The molecule has 0 spiro atoms. The number of aromatic nitrogens is 3. The first kappa shape index (κ1) is 14.0. The molecule has 2 heterocycles. The van der Waals surface area contributed by atoms with Crippen LogP contribution in [0.25, 0.3) is 0 Å². The third kappa shape index (κ3) is 2.63. The molecule has 0 unspecified atom stereocenters. The number of carbonyl (C=O) groups is 1. The summed E-state index contributed by atoms with van der Waals surface area (Å²) in [6, 6.07) is 4.02. The first-order valence-electron chi connectivity index (χ1n) is 6.69. The SMILES string of the molecule is Cc1nnc2n1CCN(C(=O)c1cc(Cl)ccc1F)CC2. The van der Waals surface area contributed by atoms with E-state index in [1.165, 1.54) is 18.2 Å². The molecule has 2 aromatic rings. The van der Waals surface area contributed by atoms with E-state index in [2.05, 4.69) is 10.2 Å². The number of halogens is 2. The van der Waals surface area contributed by atoms with Crippen LogP contribution in [0, 0.1) is 12.7 Å². The van der Waals surface area contributed by atoms with Gasteiger partial charge in [0.2, 0.25) is 0 Å². The lowest BCUT2D eigenvalue weighted by atomic mass is 10.2. The maximum Gasteiger partial charge on any atom is 0.256 e. The number of fused-ring (bicyclic) bond motifs is 1. The minimum absolute atomic E-state index is 0.0110. The largest absolute Gasteiger partial charge is 0.336 e. The van der Waals surface area contributed by atoms with Crippen LogP contribution in [0.5, 0.6) is 0 Å². The van der Waals surface area contributed by atoms with Crippen LogP contribution in [-0.2, 0) is 13.0 Å². The van der Waals surface area contributed by atoms with E-state index in [1.54, 1.807) is 4.90 Å². The summed E-state index contributed by atoms with van der Waals surface area (Å²) in [6.45, 7) is 3.48. The summed E-state index contributed by atoms with van der Waals surface area (Å²) >= 11 is 5.85. The molecular weight excluding hydrogens is 295 g/mol. The second-order valence-corrected chi connectivity index (χ2v) is 5.42. The van der Waals surface area contributed by atoms with Crippen molar-refractivity contribution in [3.05, 3.63) is 46.3 Å². The minimum atomic E-state index is -0.552. The molecule has 0 saturated carbocycles. The maximum atomic E-state index is 13.8. The first-order valence-corrected chi connectivity index (χ1v) is 7.07. The zero-order valence-corrected chi connectivity index (χ0v) is 12.3. The van der Waals surface area contributed by atoms with Crippen molar-refractivity contribution in [2.75, 3.05) is 13.1 Å². The molecule has 0 aliphatic carbocycles. The summed E-state index contributed by atoms with van der Waals surface area (Å²) < 4.78 is 15.8. The molecule has 1 aromatic heterocycles. The van der Waals surface area contributed by atoms with Crippen molar-refractivity contribution in [2.24, 2.45) is 0 Å². The molecule has 7 heteroatoms. The van der Waals surface area contributed by atoms with Gasteiger partial charge in [-0.3, -0.25) is 4.79 Å². The van der Waals surface area contributed by atoms with Crippen LogP contribution in [0.15, 0.2) is 18.2 Å². The Hall–Kier alpha value is -1.95. The highest BCUT2D eigenvalue weighted by atomic mass is 35.5. The van der Waals surface area contributed by atoms with Crippen LogP contribution >= 0.6 is 11.6 Å². The van der Waals surface area contributed by atoms with E-state index >= 15 is 0 Å². The van der Waals surface area contributed by atoms with Crippen molar-refractivity contribution in [1.29, 1.82) is 0 Å². The van der Waals surface area contributed by atoms with Gasteiger partial charge in [-0.25, -0.2) is 4.39 Å². The normalized spacial score (nSPS) is 14.7. The molecule has 110 valence electrons. The molecule has 1 amide bonds. The van der Waals surface area contributed by atoms with E-state index in [0.717, 1.165) is 11.6 Å². The zero-order chi connectivity index (χ0) is 15.0. The number of hydrogen-bond acceptors (Lipinski definition) is 3. The average Bonchev–Trinajstić information content (AvgIpc) is 2.70. The van der Waals surface area contributed by atoms with Gasteiger partial charge in [0, 0.05) is 31.1 Å². The molecule has 1 aliphatic rings. The Balaban J connectivity index is 1.82. The third-order valence-electron chi connectivity index (χ3n) is 3.66. The van der Waals surface area contributed by atoms with Gasteiger partial charge in [-0.05, 0) is 25.1 Å². The van der Waals surface area contributed by atoms with Crippen LogP contribution < -0.4 is 0 Å². The lowest BCUT2D eigenvalue weighted by molar-refractivity contribution is 0.0754. The van der Waals surface area contributed by atoms with E-state index in [-0.39, 0.29) is 11.5 Å². The van der Waals surface area contributed by atoms with Crippen molar-refractivity contribution in [2.45, 2.75) is 19.9 Å². The van der Waals surface area contributed by atoms with Gasteiger partial charge in [-0.1, -0.05) is 11.6 Å². The molecule has 1 aromatic carbocycles. The number of aryl methyl sites for hydroxylation is 1. The molecule has 21 heavy (non-hydrogen) atoms. The molecule has 0 radical (unpaired) electrons. The smallest absolute Gasteiger partial charge is 0.256 e. The summed E-state index contributed by atoms with van der Waals surface area (Å²) in [5.41, 5.74) is 0.0110. The van der Waals surface area contributed by atoms with Crippen molar-refractivity contribution in [1.82, 2.24) is 19.7 Å². The first-order chi connectivity index (χ1) is 10.1. The van der Waals surface area contributed by atoms with Gasteiger partial charge in [-0.2, -0.15) is 0 Å². The zero-order valence-electron chi connectivity index (χ0n) is 11.5. The van der Waals surface area contributed by atoms with E-state index in [0.29, 0.717) is 31.1 Å². The van der Waals surface area contributed by atoms with Gasteiger partial charge in [0.05, 0.1) is 5.56 Å². The Kier molecular flexibility index (Phi) is 3.63. The molecule has 0 saturated heterocycles. The van der Waals surface area contributed by atoms with Gasteiger partial charge in [0.1, 0.15) is 17.5 Å². The number of benzene rings is 1. The Morgan fingerprint density at radius 3 is 2.90 bits per heavy atom. The number of rotatable bonds is 1. The lowest BCUT2D eigenvalue weighted by Crippen LogP contribution is -2.34. The highest BCUT2D eigenvalue weighted by Gasteiger charge is 2.23. The van der Waals surface area contributed by atoms with Crippen molar-refractivity contribution in [3.8, 4) is 0 Å². The average molecular weight is 309 g/mol. The summed E-state index contributed by atoms with van der Waals surface area (Å²) in [5.74, 6) is 0.790. The van der Waals surface area contributed by atoms with Crippen molar-refractivity contribution in [3.63, 3.8) is 0 Å². The minimum Gasteiger partial charge on any atom is -0.336 e. The fraction of sp³-hybridized carbons (Fsp3) is 0.357. The Labute approximate surface area is 126 Å². The molecule has 0 atom stereocenters. The van der Waals surface area contributed by atoms with Gasteiger partial charge < -0.3 is 9.47 Å². The van der Waals surface area contributed by atoms with E-state index in [1.807, 2.05) is 11.5 Å². The highest BCUT2D eigenvalue weighted by molar-refractivity contribution is 6.31. The monoisotopic (exact) mass is 308 g/mol. The molecule has 1 aliphatic heterocycles. The second kappa shape index (κ2) is 5.44. The number of amides is 1. The molecule has 0 N–H and O–H groups in total. The summed E-state index contributed by atoms with van der Waals surface area (Å²) in [4.78, 5) is 14.1. The van der Waals surface area contributed by atoms with Crippen LogP contribution in [0.1, 0.15) is 22.0 Å². The Morgan fingerprint density at radius 2 is 2.10 bits per heavy atom. The predicted octanol–water partition coefficient (Wildman–Crippen LogP) is 2.08. The van der Waals surface area contributed by atoms with Crippen LogP contribution in [0.2, 0.25) is 5.02 Å². The maximum absolute atomic E-state index is 13.8. The number of hydrogen-bond donors (Lipinski definition) is 0.